The number of methoxy groups -OCH3 is 1. The van der Waals surface area contributed by atoms with Gasteiger partial charge in [0.05, 0.1) is 21.8 Å². The third kappa shape index (κ3) is 3.54. The van der Waals surface area contributed by atoms with Crippen molar-refractivity contribution in [3.8, 4) is 0 Å². The lowest BCUT2D eigenvalue weighted by Crippen LogP contribution is -2.19. The zero-order chi connectivity index (χ0) is 17.1. The van der Waals surface area contributed by atoms with Crippen LogP contribution in [-0.4, -0.2) is 24.2 Å². The second-order valence-corrected chi connectivity index (χ2v) is 6.90. The Bertz CT molecular complexity index is 948. The number of aromatic nitrogens is 1. The van der Waals surface area contributed by atoms with Gasteiger partial charge in [-0.1, -0.05) is 52.7 Å². The van der Waals surface area contributed by atoms with Crippen LogP contribution in [0, 0.1) is 0 Å². The third-order valence-electron chi connectivity index (χ3n) is 3.43. The van der Waals surface area contributed by atoms with Crippen LogP contribution in [0.4, 0.5) is 0 Å². The Hall–Kier alpha value is -1.66. The fourth-order valence-corrected chi connectivity index (χ4v) is 4.17. The Morgan fingerprint density at radius 1 is 1.25 bits per heavy atom. The number of hydrogen-bond acceptors (Lipinski definition) is 3. The molecule has 0 bridgehead atoms. The SMILES string of the molecule is COCCn1c(=NC(=O)c2ccccc2)sc2cc(Cl)cc(Cl)c21. The average molecular weight is 381 g/mol. The molecular formula is C17H14Cl2N2O2S. The monoisotopic (exact) mass is 380 g/mol. The van der Waals surface area contributed by atoms with E-state index in [1.165, 1.54) is 11.3 Å². The lowest BCUT2D eigenvalue weighted by Gasteiger charge is -2.06. The van der Waals surface area contributed by atoms with Gasteiger partial charge in [-0.05, 0) is 24.3 Å². The van der Waals surface area contributed by atoms with E-state index in [1.54, 1.807) is 25.3 Å². The van der Waals surface area contributed by atoms with Gasteiger partial charge in [0.15, 0.2) is 4.80 Å². The molecule has 0 atom stereocenters. The number of halogens is 2. The summed E-state index contributed by atoms with van der Waals surface area (Å²) < 4.78 is 7.93. The van der Waals surface area contributed by atoms with E-state index in [9.17, 15) is 4.79 Å². The molecule has 3 aromatic rings. The molecule has 0 saturated heterocycles. The highest BCUT2D eigenvalue weighted by atomic mass is 35.5. The van der Waals surface area contributed by atoms with E-state index in [4.69, 9.17) is 27.9 Å². The molecule has 1 aromatic heterocycles. The van der Waals surface area contributed by atoms with Crippen molar-refractivity contribution < 1.29 is 9.53 Å². The predicted octanol–water partition coefficient (Wildman–Crippen LogP) is 4.40. The van der Waals surface area contributed by atoms with Gasteiger partial charge in [-0.25, -0.2) is 0 Å². The van der Waals surface area contributed by atoms with Crippen LogP contribution >= 0.6 is 34.5 Å². The first kappa shape index (κ1) is 17.2. The molecule has 124 valence electrons. The highest BCUT2D eigenvalue weighted by Gasteiger charge is 2.13. The second-order valence-electron chi connectivity index (χ2n) is 5.05. The molecule has 1 heterocycles. The molecule has 24 heavy (non-hydrogen) atoms. The van der Waals surface area contributed by atoms with Crippen LogP contribution in [0.2, 0.25) is 10.0 Å². The molecule has 7 heteroatoms. The molecule has 1 amide bonds. The highest BCUT2D eigenvalue weighted by molar-refractivity contribution is 7.16. The first-order valence-corrected chi connectivity index (χ1v) is 8.79. The topological polar surface area (TPSA) is 43.6 Å². The number of amides is 1. The number of carbonyl (C=O) groups excluding carboxylic acids is 1. The van der Waals surface area contributed by atoms with Gasteiger partial charge < -0.3 is 9.30 Å². The second kappa shape index (κ2) is 7.49. The minimum atomic E-state index is -0.296. The third-order valence-corrected chi connectivity index (χ3v) is 4.96. The van der Waals surface area contributed by atoms with E-state index in [0.717, 1.165) is 10.2 Å². The first-order chi connectivity index (χ1) is 11.6. The van der Waals surface area contributed by atoms with E-state index < -0.39 is 0 Å². The zero-order valence-corrected chi connectivity index (χ0v) is 15.2. The first-order valence-electron chi connectivity index (χ1n) is 7.21. The van der Waals surface area contributed by atoms with Crippen molar-refractivity contribution in [3.63, 3.8) is 0 Å². The van der Waals surface area contributed by atoms with Crippen molar-refractivity contribution in [2.75, 3.05) is 13.7 Å². The molecule has 2 aromatic carbocycles. The number of carbonyl (C=O) groups is 1. The quantitative estimate of drug-likeness (QED) is 0.673. The molecule has 0 radical (unpaired) electrons. The summed E-state index contributed by atoms with van der Waals surface area (Å²) in [5, 5.41) is 1.08. The molecule has 0 spiro atoms. The van der Waals surface area contributed by atoms with Crippen molar-refractivity contribution in [1.29, 1.82) is 0 Å². The Kier molecular flexibility index (Phi) is 5.36. The molecule has 4 nitrogen and oxygen atoms in total. The minimum absolute atomic E-state index is 0.296. The fourth-order valence-electron chi connectivity index (χ4n) is 2.34. The molecule has 0 aliphatic rings. The van der Waals surface area contributed by atoms with Crippen LogP contribution in [0.25, 0.3) is 10.2 Å². The summed E-state index contributed by atoms with van der Waals surface area (Å²) in [5.74, 6) is -0.296. The van der Waals surface area contributed by atoms with Gasteiger partial charge in [0.2, 0.25) is 0 Å². The molecule has 0 fully saturated rings. The van der Waals surface area contributed by atoms with Crippen molar-refractivity contribution in [2.45, 2.75) is 6.54 Å². The summed E-state index contributed by atoms with van der Waals surface area (Å²) in [5.41, 5.74) is 1.35. The van der Waals surface area contributed by atoms with Crippen LogP contribution in [0.15, 0.2) is 47.5 Å². The molecule has 0 saturated carbocycles. The number of rotatable bonds is 4. The number of ether oxygens (including phenoxy) is 1. The highest BCUT2D eigenvalue weighted by Crippen LogP contribution is 2.29. The van der Waals surface area contributed by atoms with Crippen LogP contribution < -0.4 is 4.80 Å². The molecule has 0 unspecified atom stereocenters. The van der Waals surface area contributed by atoms with Crippen LogP contribution in [0.5, 0.6) is 0 Å². The van der Waals surface area contributed by atoms with Crippen molar-refractivity contribution in [2.24, 2.45) is 4.99 Å². The zero-order valence-electron chi connectivity index (χ0n) is 12.8. The van der Waals surface area contributed by atoms with Gasteiger partial charge in [0.25, 0.3) is 5.91 Å². The summed E-state index contributed by atoms with van der Waals surface area (Å²) in [7, 11) is 1.62. The van der Waals surface area contributed by atoms with Crippen LogP contribution in [0.1, 0.15) is 10.4 Å². The maximum Gasteiger partial charge on any atom is 0.279 e. The number of fused-ring (bicyclic) bond motifs is 1. The number of hydrogen-bond donors (Lipinski definition) is 0. The van der Waals surface area contributed by atoms with Gasteiger partial charge in [-0.2, -0.15) is 4.99 Å². The summed E-state index contributed by atoms with van der Waals surface area (Å²) in [6.07, 6.45) is 0. The van der Waals surface area contributed by atoms with Crippen LogP contribution in [0.3, 0.4) is 0 Å². The molecular weight excluding hydrogens is 367 g/mol. The van der Waals surface area contributed by atoms with Gasteiger partial charge in [-0.3, -0.25) is 4.79 Å². The fraction of sp³-hybridized carbons (Fsp3) is 0.176. The molecule has 3 rings (SSSR count). The molecule has 0 aliphatic carbocycles. The van der Waals surface area contributed by atoms with E-state index in [1.807, 2.05) is 28.8 Å². The Labute approximate surface area is 152 Å². The number of nitrogens with zero attached hydrogens (tertiary/aromatic N) is 2. The average Bonchev–Trinajstić information content (AvgIpc) is 2.90. The standard InChI is InChI=1S/C17H14Cl2N2O2S/c1-23-8-7-21-15-13(19)9-12(18)10-14(15)24-17(21)20-16(22)11-5-3-2-4-6-11/h2-6,9-10H,7-8H2,1H3. The maximum absolute atomic E-state index is 12.4. The maximum atomic E-state index is 12.4. The lowest BCUT2D eigenvalue weighted by atomic mass is 10.2. The Morgan fingerprint density at radius 3 is 2.71 bits per heavy atom. The van der Waals surface area contributed by atoms with Crippen molar-refractivity contribution in [3.05, 3.63) is 62.9 Å². The normalized spacial score (nSPS) is 12.0. The van der Waals surface area contributed by atoms with E-state index in [2.05, 4.69) is 4.99 Å². The number of benzene rings is 2. The largest absolute Gasteiger partial charge is 0.383 e. The minimum Gasteiger partial charge on any atom is -0.383 e. The predicted molar refractivity (Wildman–Crippen MR) is 98.0 cm³/mol. The summed E-state index contributed by atoms with van der Waals surface area (Å²) in [6, 6.07) is 12.5. The van der Waals surface area contributed by atoms with Gasteiger partial charge in [-0.15, -0.1) is 0 Å². The van der Waals surface area contributed by atoms with Crippen molar-refractivity contribution >= 4 is 50.7 Å². The van der Waals surface area contributed by atoms with E-state index in [-0.39, 0.29) is 5.91 Å². The molecule has 0 N–H and O–H groups in total. The van der Waals surface area contributed by atoms with E-state index in [0.29, 0.717) is 33.6 Å². The summed E-state index contributed by atoms with van der Waals surface area (Å²) in [4.78, 5) is 17.3. The smallest absolute Gasteiger partial charge is 0.279 e. The van der Waals surface area contributed by atoms with E-state index >= 15 is 0 Å². The van der Waals surface area contributed by atoms with Gasteiger partial charge >= 0.3 is 0 Å². The van der Waals surface area contributed by atoms with Crippen LogP contribution in [-0.2, 0) is 11.3 Å². The Morgan fingerprint density at radius 2 is 2.00 bits per heavy atom. The molecule has 0 aliphatic heterocycles. The van der Waals surface area contributed by atoms with Gasteiger partial charge in [0, 0.05) is 24.2 Å². The van der Waals surface area contributed by atoms with Gasteiger partial charge in [0.1, 0.15) is 0 Å². The summed E-state index contributed by atoms with van der Waals surface area (Å²) >= 11 is 13.8. The summed E-state index contributed by atoms with van der Waals surface area (Å²) in [6.45, 7) is 1.02. The van der Waals surface area contributed by atoms with Crippen molar-refractivity contribution in [1.82, 2.24) is 4.57 Å². The Balaban J connectivity index is 2.17. The number of thiazole rings is 1. The lowest BCUT2D eigenvalue weighted by molar-refractivity contribution is 0.0997.